The van der Waals surface area contributed by atoms with Gasteiger partial charge >= 0.3 is 11.7 Å². The van der Waals surface area contributed by atoms with Crippen LogP contribution in [0.4, 0.5) is 5.82 Å². The Morgan fingerprint density at radius 2 is 1.85 bits per heavy atom. The second-order valence-electron chi connectivity index (χ2n) is 5.36. The molecule has 138 valence electrons. The average molecular weight is 361 g/mol. The van der Waals surface area contributed by atoms with Crippen LogP contribution in [0.2, 0.25) is 0 Å². The fourth-order valence-electron chi connectivity index (χ4n) is 2.22. The van der Waals surface area contributed by atoms with Gasteiger partial charge in [-0.2, -0.15) is 0 Å². The lowest BCUT2D eigenvalue weighted by molar-refractivity contribution is -0.144. The summed E-state index contributed by atoms with van der Waals surface area (Å²) >= 11 is 0. The molecule has 0 aliphatic carbocycles. The van der Waals surface area contributed by atoms with Gasteiger partial charge in [0.2, 0.25) is 5.78 Å². The molecule has 0 aliphatic heterocycles. The SMILES string of the molecule is CCCn1c(N)c(C(=O)COC(=O)COc2ccccc2)c(=O)[nH]c1=O. The standard InChI is InChI=1S/C17H19N3O6/c1-2-8-20-15(18)14(16(23)19-17(20)24)12(21)9-26-13(22)10-25-11-6-4-3-5-7-11/h3-7H,2,8-10,18H2,1H3,(H,19,23,24). The molecule has 0 saturated carbocycles. The van der Waals surface area contributed by atoms with Gasteiger partial charge in [0.15, 0.2) is 13.2 Å². The Balaban J connectivity index is 2.01. The first-order valence-corrected chi connectivity index (χ1v) is 7.93. The molecule has 0 unspecified atom stereocenters. The highest BCUT2D eigenvalue weighted by Gasteiger charge is 2.20. The molecule has 0 atom stereocenters. The number of aromatic nitrogens is 2. The smallest absolute Gasteiger partial charge is 0.344 e. The van der Waals surface area contributed by atoms with Gasteiger partial charge in [-0.1, -0.05) is 25.1 Å². The highest BCUT2D eigenvalue weighted by Crippen LogP contribution is 2.09. The molecule has 0 fully saturated rings. The normalized spacial score (nSPS) is 10.3. The van der Waals surface area contributed by atoms with Crippen LogP contribution in [-0.4, -0.2) is 34.5 Å². The Hall–Kier alpha value is -3.36. The Kier molecular flexibility index (Phi) is 6.31. The average Bonchev–Trinajstić information content (AvgIpc) is 2.62. The number of aromatic amines is 1. The molecule has 2 aromatic rings. The van der Waals surface area contributed by atoms with Crippen LogP contribution in [0, 0.1) is 0 Å². The Labute approximate surface area is 148 Å². The maximum atomic E-state index is 12.2. The van der Waals surface area contributed by atoms with Gasteiger partial charge in [-0.05, 0) is 18.6 Å². The topological polar surface area (TPSA) is 133 Å². The Morgan fingerprint density at radius 1 is 1.15 bits per heavy atom. The number of ether oxygens (including phenoxy) is 2. The van der Waals surface area contributed by atoms with Gasteiger partial charge in [-0.15, -0.1) is 0 Å². The maximum absolute atomic E-state index is 12.2. The zero-order valence-corrected chi connectivity index (χ0v) is 14.2. The van der Waals surface area contributed by atoms with E-state index >= 15 is 0 Å². The number of nitrogens with one attached hydrogen (secondary N) is 1. The molecule has 9 nitrogen and oxygen atoms in total. The summed E-state index contributed by atoms with van der Waals surface area (Å²) in [6.07, 6.45) is 0.579. The van der Waals surface area contributed by atoms with Gasteiger partial charge in [-0.3, -0.25) is 19.1 Å². The summed E-state index contributed by atoms with van der Waals surface area (Å²) < 4.78 is 11.1. The van der Waals surface area contributed by atoms with E-state index in [1.807, 2.05) is 11.9 Å². The molecule has 0 radical (unpaired) electrons. The Bertz CT molecular complexity index is 901. The van der Waals surface area contributed by atoms with Crippen LogP contribution in [0.15, 0.2) is 39.9 Å². The second-order valence-corrected chi connectivity index (χ2v) is 5.36. The number of hydrogen-bond acceptors (Lipinski definition) is 7. The van der Waals surface area contributed by atoms with Crippen LogP contribution in [-0.2, 0) is 16.1 Å². The molecule has 0 bridgehead atoms. The number of anilines is 1. The quantitative estimate of drug-likeness (QED) is 0.511. The summed E-state index contributed by atoms with van der Waals surface area (Å²) in [7, 11) is 0. The van der Waals surface area contributed by atoms with Crippen molar-refractivity contribution in [3.05, 3.63) is 56.7 Å². The number of nitrogen functional groups attached to an aromatic ring is 1. The number of benzene rings is 1. The number of nitrogens with zero attached hydrogens (tertiary/aromatic N) is 1. The minimum absolute atomic E-state index is 0.242. The van der Waals surface area contributed by atoms with E-state index in [2.05, 4.69) is 0 Å². The summed E-state index contributed by atoms with van der Waals surface area (Å²) in [5, 5.41) is 0. The maximum Gasteiger partial charge on any atom is 0.344 e. The molecule has 1 aromatic carbocycles. The molecule has 0 spiro atoms. The summed E-state index contributed by atoms with van der Waals surface area (Å²) in [5.74, 6) is -1.36. The molecular formula is C17H19N3O6. The first-order valence-electron chi connectivity index (χ1n) is 7.93. The van der Waals surface area contributed by atoms with Crippen molar-refractivity contribution in [2.45, 2.75) is 19.9 Å². The molecule has 0 saturated heterocycles. The zero-order chi connectivity index (χ0) is 19.1. The Morgan fingerprint density at radius 3 is 2.50 bits per heavy atom. The summed E-state index contributed by atoms with van der Waals surface area (Å²) in [6, 6.07) is 8.60. The van der Waals surface area contributed by atoms with Crippen molar-refractivity contribution in [1.29, 1.82) is 0 Å². The number of rotatable bonds is 8. The van der Waals surface area contributed by atoms with Crippen molar-refractivity contribution in [3.63, 3.8) is 0 Å². The third-order valence-electron chi connectivity index (χ3n) is 3.43. The summed E-state index contributed by atoms with van der Waals surface area (Å²) in [6.45, 7) is 0.979. The lowest BCUT2D eigenvalue weighted by Gasteiger charge is -2.11. The van der Waals surface area contributed by atoms with E-state index in [1.54, 1.807) is 30.3 Å². The second kappa shape index (κ2) is 8.65. The molecule has 1 heterocycles. The van der Waals surface area contributed by atoms with Crippen LogP contribution in [0.5, 0.6) is 5.75 Å². The van der Waals surface area contributed by atoms with E-state index in [1.165, 1.54) is 0 Å². The van der Waals surface area contributed by atoms with Crippen LogP contribution in [0.25, 0.3) is 0 Å². The molecule has 0 aliphatic rings. The van der Waals surface area contributed by atoms with E-state index in [0.717, 1.165) is 4.57 Å². The zero-order valence-electron chi connectivity index (χ0n) is 14.2. The lowest BCUT2D eigenvalue weighted by Crippen LogP contribution is -2.37. The molecule has 26 heavy (non-hydrogen) atoms. The minimum Gasteiger partial charge on any atom is -0.482 e. The largest absolute Gasteiger partial charge is 0.482 e. The molecule has 9 heteroatoms. The van der Waals surface area contributed by atoms with Gasteiger partial charge in [0, 0.05) is 6.54 Å². The van der Waals surface area contributed by atoms with Crippen LogP contribution in [0.1, 0.15) is 23.7 Å². The highest BCUT2D eigenvalue weighted by atomic mass is 16.6. The molecule has 0 amide bonds. The number of esters is 1. The number of ketones is 1. The minimum atomic E-state index is -0.915. The predicted octanol–water partition coefficient (Wildman–Crippen LogP) is 0.334. The number of carbonyl (C=O) groups excluding carboxylic acids is 2. The van der Waals surface area contributed by atoms with Crippen molar-refractivity contribution < 1.29 is 19.1 Å². The summed E-state index contributed by atoms with van der Waals surface area (Å²) in [5.41, 5.74) is 3.75. The molecule has 1 aromatic heterocycles. The monoisotopic (exact) mass is 361 g/mol. The summed E-state index contributed by atoms with van der Waals surface area (Å²) in [4.78, 5) is 49.5. The van der Waals surface area contributed by atoms with Crippen molar-refractivity contribution in [2.75, 3.05) is 18.9 Å². The number of H-pyrrole nitrogens is 1. The van der Waals surface area contributed by atoms with Gasteiger partial charge in [0.25, 0.3) is 5.56 Å². The number of carbonyl (C=O) groups is 2. The van der Waals surface area contributed by atoms with E-state index < -0.39 is 41.8 Å². The number of hydrogen-bond donors (Lipinski definition) is 2. The number of para-hydroxylation sites is 1. The van der Waals surface area contributed by atoms with Crippen molar-refractivity contribution in [2.24, 2.45) is 0 Å². The predicted molar refractivity (Wildman–Crippen MR) is 93.3 cm³/mol. The first-order chi connectivity index (χ1) is 12.4. The van der Waals surface area contributed by atoms with Gasteiger partial charge in [0.05, 0.1) is 0 Å². The van der Waals surface area contributed by atoms with Crippen molar-refractivity contribution in [3.8, 4) is 5.75 Å². The molecule has 3 N–H and O–H groups in total. The lowest BCUT2D eigenvalue weighted by atomic mass is 10.2. The van der Waals surface area contributed by atoms with Crippen molar-refractivity contribution in [1.82, 2.24) is 9.55 Å². The fourth-order valence-corrected chi connectivity index (χ4v) is 2.22. The third-order valence-corrected chi connectivity index (χ3v) is 3.43. The third kappa shape index (κ3) is 4.59. The van der Waals surface area contributed by atoms with E-state index in [-0.39, 0.29) is 12.4 Å². The van der Waals surface area contributed by atoms with Crippen LogP contribution >= 0.6 is 0 Å². The number of nitrogens with two attached hydrogens (primary N) is 1. The van der Waals surface area contributed by atoms with Gasteiger partial charge in [0.1, 0.15) is 17.1 Å². The fraction of sp³-hybridized carbons (Fsp3) is 0.294. The number of Topliss-reactive ketones (excluding diaryl/α,β-unsaturated/α-hetero) is 1. The molecule has 2 rings (SSSR count). The van der Waals surface area contributed by atoms with Gasteiger partial charge < -0.3 is 15.2 Å². The van der Waals surface area contributed by atoms with Crippen LogP contribution in [0.3, 0.4) is 0 Å². The van der Waals surface area contributed by atoms with E-state index in [0.29, 0.717) is 12.2 Å². The highest BCUT2D eigenvalue weighted by molar-refractivity contribution is 6.01. The van der Waals surface area contributed by atoms with Crippen molar-refractivity contribution >= 4 is 17.6 Å². The van der Waals surface area contributed by atoms with E-state index in [4.69, 9.17) is 15.2 Å². The van der Waals surface area contributed by atoms with Gasteiger partial charge in [-0.25, -0.2) is 9.59 Å². The van der Waals surface area contributed by atoms with Crippen LogP contribution < -0.4 is 21.7 Å². The first kappa shape index (κ1) is 19.0. The molecular weight excluding hydrogens is 342 g/mol. The van der Waals surface area contributed by atoms with E-state index in [9.17, 15) is 19.2 Å².